The Hall–Kier alpha value is -2.65. The number of carbonyl (C=O) groups excluding carboxylic acids is 1. The van der Waals surface area contributed by atoms with Gasteiger partial charge in [-0.25, -0.2) is 9.97 Å². The minimum absolute atomic E-state index is 0.0715. The molecule has 6 nitrogen and oxygen atoms in total. The third-order valence-electron chi connectivity index (χ3n) is 4.39. The fourth-order valence-corrected chi connectivity index (χ4v) is 3.12. The van der Waals surface area contributed by atoms with E-state index in [0.717, 1.165) is 36.6 Å². The second-order valence-corrected chi connectivity index (χ2v) is 6.35. The summed E-state index contributed by atoms with van der Waals surface area (Å²) < 4.78 is 0. The standard InChI is InChI=1S/C17H14ClN5O/c18-12-4-2-11(3-5-12)17(24)23-9-13-14(10-23)20-15(8-19)21-16(13)22-6-1-7-22/h2-5H,1,6-7,9-10H2. The molecule has 1 saturated heterocycles. The molecule has 2 aliphatic rings. The number of amides is 1. The fourth-order valence-electron chi connectivity index (χ4n) is 3.00. The molecule has 3 heterocycles. The maximum Gasteiger partial charge on any atom is 0.254 e. The van der Waals surface area contributed by atoms with E-state index in [-0.39, 0.29) is 11.7 Å². The van der Waals surface area contributed by atoms with E-state index < -0.39 is 0 Å². The maximum absolute atomic E-state index is 12.7. The van der Waals surface area contributed by atoms with E-state index in [4.69, 9.17) is 16.9 Å². The zero-order valence-electron chi connectivity index (χ0n) is 12.9. The molecule has 0 aliphatic carbocycles. The lowest BCUT2D eigenvalue weighted by atomic mass is 10.1. The van der Waals surface area contributed by atoms with Gasteiger partial charge in [-0.05, 0) is 30.7 Å². The van der Waals surface area contributed by atoms with Gasteiger partial charge in [-0.15, -0.1) is 0 Å². The number of aromatic nitrogens is 2. The number of nitrogens with zero attached hydrogens (tertiary/aromatic N) is 5. The molecule has 24 heavy (non-hydrogen) atoms. The van der Waals surface area contributed by atoms with Crippen molar-refractivity contribution in [2.45, 2.75) is 19.5 Å². The number of carbonyl (C=O) groups is 1. The Morgan fingerprint density at radius 3 is 2.54 bits per heavy atom. The van der Waals surface area contributed by atoms with Crippen LogP contribution in [-0.2, 0) is 13.1 Å². The van der Waals surface area contributed by atoms with E-state index in [1.807, 2.05) is 6.07 Å². The van der Waals surface area contributed by atoms with Gasteiger partial charge in [0.15, 0.2) is 0 Å². The van der Waals surface area contributed by atoms with Crippen molar-refractivity contribution < 1.29 is 4.79 Å². The predicted octanol–water partition coefficient (Wildman–Crippen LogP) is 2.37. The average Bonchev–Trinajstić information content (AvgIpc) is 2.97. The molecule has 0 atom stereocenters. The molecular formula is C17H14ClN5O. The smallest absolute Gasteiger partial charge is 0.254 e. The van der Waals surface area contributed by atoms with Gasteiger partial charge in [0.2, 0.25) is 5.82 Å². The summed E-state index contributed by atoms with van der Waals surface area (Å²) in [6, 6.07) is 8.86. The van der Waals surface area contributed by atoms with Crippen molar-refractivity contribution in [3.05, 3.63) is 51.9 Å². The van der Waals surface area contributed by atoms with Gasteiger partial charge in [0, 0.05) is 29.2 Å². The summed E-state index contributed by atoms with van der Waals surface area (Å²) in [5.74, 6) is 0.892. The Balaban J connectivity index is 1.64. The molecule has 0 spiro atoms. The number of rotatable bonds is 2. The molecule has 1 aromatic carbocycles. The van der Waals surface area contributed by atoms with E-state index in [9.17, 15) is 4.79 Å². The van der Waals surface area contributed by atoms with Crippen LogP contribution in [0.5, 0.6) is 0 Å². The number of fused-ring (bicyclic) bond motifs is 1. The Bertz CT molecular complexity index is 855. The first-order chi connectivity index (χ1) is 11.7. The van der Waals surface area contributed by atoms with Crippen molar-refractivity contribution in [2.24, 2.45) is 0 Å². The number of halogens is 1. The first kappa shape index (κ1) is 14.9. The second-order valence-electron chi connectivity index (χ2n) is 5.92. The van der Waals surface area contributed by atoms with E-state index in [1.54, 1.807) is 29.2 Å². The van der Waals surface area contributed by atoms with Crippen molar-refractivity contribution >= 4 is 23.3 Å². The molecule has 0 bridgehead atoms. The summed E-state index contributed by atoms with van der Waals surface area (Å²) in [5, 5.41) is 9.76. The van der Waals surface area contributed by atoms with Crippen LogP contribution < -0.4 is 4.90 Å². The molecule has 0 N–H and O–H groups in total. The Morgan fingerprint density at radius 2 is 1.92 bits per heavy atom. The topological polar surface area (TPSA) is 73.1 Å². The first-order valence-electron chi connectivity index (χ1n) is 7.75. The molecule has 2 aliphatic heterocycles. The Morgan fingerprint density at radius 1 is 1.17 bits per heavy atom. The Labute approximate surface area is 144 Å². The minimum atomic E-state index is -0.0715. The molecule has 2 aromatic rings. The molecule has 1 aromatic heterocycles. The molecule has 1 fully saturated rings. The van der Waals surface area contributed by atoms with Gasteiger partial charge in [-0.3, -0.25) is 4.79 Å². The van der Waals surface area contributed by atoms with Crippen LogP contribution in [0.3, 0.4) is 0 Å². The van der Waals surface area contributed by atoms with Gasteiger partial charge >= 0.3 is 0 Å². The highest BCUT2D eigenvalue weighted by molar-refractivity contribution is 6.30. The summed E-state index contributed by atoms with van der Waals surface area (Å²) in [5.41, 5.74) is 2.31. The lowest BCUT2D eigenvalue weighted by Gasteiger charge is -2.33. The maximum atomic E-state index is 12.7. The quantitative estimate of drug-likeness (QED) is 0.839. The van der Waals surface area contributed by atoms with Crippen molar-refractivity contribution in [3.63, 3.8) is 0 Å². The van der Waals surface area contributed by atoms with E-state index in [1.165, 1.54) is 0 Å². The van der Waals surface area contributed by atoms with Crippen LogP contribution in [0.2, 0.25) is 5.02 Å². The van der Waals surface area contributed by atoms with Crippen molar-refractivity contribution in [3.8, 4) is 6.07 Å². The molecule has 0 saturated carbocycles. The molecular weight excluding hydrogens is 326 g/mol. The molecule has 120 valence electrons. The molecule has 0 radical (unpaired) electrons. The van der Waals surface area contributed by atoms with Crippen LogP contribution in [-0.4, -0.2) is 33.9 Å². The van der Waals surface area contributed by atoms with Crippen LogP contribution >= 0.6 is 11.6 Å². The van der Waals surface area contributed by atoms with Gasteiger partial charge in [0.1, 0.15) is 11.9 Å². The monoisotopic (exact) mass is 339 g/mol. The molecule has 1 amide bonds. The van der Waals surface area contributed by atoms with Crippen LogP contribution in [0.25, 0.3) is 0 Å². The third kappa shape index (κ3) is 2.47. The minimum Gasteiger partial charge on any atom is -0.356 e. The SMILES string of the molecule is N#Cc1nc2c(c(N3CCC3)n1)CN(C(=O)c1ccc(Cl)cc1)C2. The van der Waals surface area contributed by atoms with Gasteiger partial charge in [0.05, 0.1) is 18.8 Å². The van der Waals surface area contributed by atoms with Crippen molar-refractivity contribution in [2.75, 3.05) is 18.0 Å². The first-order valence-corrected chi connectivity index (χ1v) is 8.13. The predicted molar refractivity (Wildman–Crippen MR) is 88.6 cm³/mol. The summed E-state index contributed by atoms with van der Waals surface area (Å²) in [4.78, 5) is 25.2. The number of hydrogen-bond acceptors (Lipinski definition) is 5. The summed E-state index contributed by atoms with van der Waals surface area (Å²) in [6.07, 6.45) is 1.12. The third-order valence-corrected chi connectivity index (χ3v) is 4.65. The number of nitriles is 1. The van der Waals surface area contributed by atoms with Crippen LogP contribution in [0.15, 0.2) is 24.3 Å². The van der Waals surface area contributed by atoms with E-state index >= 15 is 0 Å². The summed E-state index contributed by atoms with van der Waals surface area (Å²) >= 11 is 5.88. The van der Waals surface area contributed by atoms with Crippen molar-refractivity contribution in [1.82, 2.24) is 14.9 Å². The van der Waals surface area contributed by atoms with Crippen molar-refractivity contribution in [1.29, 1.82) is 5.26 Å². The fraction of sp³-hybridized carbons (Fsp3) is 0.294. The van der Waals surface area contributed by atoms with Gasteiger partial charge < -0.3 is 9.80 Å². The van der Waals surface area contributed by atoms with Crippen LogP contribution in [0, 0.1) is 11.3 Å². The van der Waals surface area contributed by atoms with Gasteiger partial charge in [0.25, 0.3) is 5.91 Å². The highest BCUT2D eigenvalue weighted by Gasteiger charge is 2.32. The van der Waals surface area contributed by atoms with Crippen LogP contribution in [0.4, 0.5) is 5.82 Å². The number of benzene rings is 1. The molecule has 0 unspecified atom stereocenters. The van der Waals surface area contributed by atoms with Gasteiger partial charge in [-0.1, -0.05) is 11.6 Å². The summed E-state index contributed by atoms with van der Waals surface area (Å²) in [7, 11) is 0. The zero-order chi connectivity index (χ0) is 16.7. The highest BCUT2D eigenvalue weighted by atomic mass is 35.5. The van der Waals surface area contributed by atoms with Gasteiger partial charge in [-0.2, -0.15) is 5.26 Å². The number of anilines is 1. The second kappa shape index (κ2) is 5.77. The lowest BCUT2D eigenvalue weighted by Crippen LogP contribution is -2.38. The van der Waals surface area contributed by atoms with E-state index in [0.29, 0.717) is 23.7 Å². The molecule has 4 rings (SSSR count). The Kier molecular flexibility index (Phi) is 3.58. The average molecular weight is 340 g/mol. The zero-order valence-corrected chi connectivity index (χ0v) is 13.6. The normalized spacial score (nSPS) is 15.7. The summed E-state index contributed by atoms with van der Waals surface area (Å²) in [6.45, 7) is 2.72. The number of hydrogen-bond donors (Lipinski definition) is 0. The largest absolute Gasteiger partial charge is 0.356 e. The lowest BCUT2D eigenvalue weighted by molar-refractivity contribution is 0.0750. The highest BCUT2D eigenvalue weighted by Crippen LogP contribution is 2.32. The van der Waals surface area contributed by atoms with E-state index in [2.05, 4.69) is 14.9 Å². The molecule has 7 heteroatoms. The van der Waals surface area contributed by atoms with Crippen LogP contribution in [0.1, 0.15) is 33.9 Å².